The molecule has 0 atom stereocenters. The lowest BCUT2D eigenvalue weighted by Crippen LogP contribution is -2.24. The molecule has 108 valence electrons. The number of anilines is 1. The molecule has 0 spiro atoms. The van der Waals surface area contributed by atoms with Crippen LogP contribution in [0.1, 0.15) is 17.5 Å². The van der Waals surface area contributed by atoms with Crippen LogP contribution in [-0.2, 0) is 12.7 Å². The van der Waals surface area contributed by atoms with Crippen LogP contribution in [0.15, 0.2) is 23.6 Å². The lowest BCUT2D eigenvalue weighted by Gasteiger charge is -2.22. The smallest absolute Gasteiger partial charge is 0.352 e. The minimum Gasteiger partial charge on any atom is -0.352 e. The summed E-state index contributed by atoms with van der Waals surface area (Å²) < 4.78 is 38.2. The fourth-order valence-corrected chi connectivity index (χ4v) is 2.56. The minimum absolute atomic E-state index is 0.174. The number of alkyl halides is 3. The maximum Gasteiger partial charge on any atom is 0.433 e. The number of aromatic nitrogens is 2. The van der Waals surface area contributed by atoms with Gasteiger partial charge in [-0.1, -0.05) is 6.07 Å². The minimum atomic E-state index is -4.54. The molecule has 0 aliphatic rings. The molecule has 2 heterocycles. The SMILES string of the molecule is CCN(Cc1cccs1)c1cc(C(F)(F)F)nc(Cl)n1. The quantitative estimate of drug-likeness (QED) is 0.789. The van der Waals surface area contributed by atoms with Crippen LogP contribution in [0, 0.1) is 0 Å². The van der Waals surface area contributed by atoms with Gasteiger partial charge in [-0.15, -0.1) is 11.3 Å². The van der Waals surface area contributed by atoms with Gasteiger partial charge in [0.25, 0.3) is 0 Å². The van der Waals surface area contributed by atoms with Crippen molar-refractivity contribution in [3.05, 3.63) is 39.4 Å². The van der Waals surface area contributed by atoms with E-state index in [0.717, 1.165) is 10.9 Å². The van der Waals surface area contributed by atoms with Gasteiger partial charge in [-0.3, -0.25) is 0 Å². The van der Waals surface area contributed by atoms with Gasteiger partial charge in [-0.25, -0.2) is 9.97 Å². The molecule has 0 fully saturated rings. The molecule has 0 N–H and O–H groups in total. The first-order valence-corrected chi connectivity index (χ1v) is 7.05. The highest BCUT2D eigenvalue weighted by Gasteiger charge is 2.34. The normalized spacial score (nSPS) is 11.7. The predicted octanol–water partition coefficient (Wildman–Crippen LogP) is 4.24. The van der Waals surface area contributed by atoms with E-state index in [1.807, 2.05) is 24.4 Å². The Morgan fingerprint density at radius 2 is 2.10 bits per heavy atom. The van der Waals surface area contributed by atoms with Crippen LogP contribution in [-0.4, -0.2) is 16.5 Å². The number of halogens is 4. The van der Waals surface area contributed by atoms with Gasteiger partial charge < -0.3 is 4.90 Å². The zero-order chi connectivity index (χ0) is 14.8. The monoisotopic (exact) mass is 321 g/mol. The molecule has 0 aliphatic carbocycles. The Morgan fingerprint density at radius 1 is 1.35 bits per heavy atom. The summed E-state index contributed by atoms with van der Waals surface area (Å²) in [6, 6.07) is 4.73. The second-order valence-electron chi connectivity index (χ2n) is 3.97. The summed E-state index contributed by atoms with van der Waals surface area (Å²) in [5.41, 5.74) is -1.03. The van der Waals surface area contributed by atoms with Gasteiger partial charge in [0, 0.05) is 17.5 Å². The van der Waals surface area contributed by atoms with Crippen LogP contribution in [0.3, 0.4) is 0 Å². The van der Waals surface area contributed by atoms with Gasteiger partial charge in [0.15, 0.2) is 5.69 Å². The molecule has 0 aromatic carbocycles. The topological polar surface area (TPSA) is 29.0 Å². The van der Waals surface area contributed by atoms with E-state index < -0.39 is 17.2 Å². The number of thiophene rings is 1. The summed E-state index contributed by atoms with van der Waals surface area (Å²) in [7, 11) is 0. The van der Waals surface area contributed by atoms with E-state index in [-0.39, 0.29) is 5.82 Å². The molecule has 0 saturated carbocycles. The van der Waals surface area contributed by atoms with Crippen molar-refractivity contribution in [1.29, 1.82) is 0 Å². The number of hydrogen-bond acceptors (Lipinski definition) is 4. The molecule has 0 amide bonds. The van der Waals surface area contributed by atoms with Crippen molar-refractivity contribution < 1.29 is 13.2 Å². The van der Waals surface area contributed by atoms with Crippen molar-refractivity contribution in [3.63, 3.8) is 0 Å². The Balaban J connectivity index is 2.32. The average Bonchev–Trinajstić information content (AvgIpc) is 2.87. The van der Waals surface area contributed by atoms with E-state index in [1.165, 1.54) is 11.3 Å². The molecule has 2 aromatic heterocycles. The third-order valence-electron chi connectivity index (χ3n) is 2.61. The number of hydrogen-bond donors (Lipinski definition) is 0. The molecule has 0 radical (unpaired) electrons. The molecular formula is C12H11ClF3N3S. The zero-order valence-electron chi connectivity index (χ0n) is 10.5. The standard InChI is InChI=1S/C12H11ClF3N3S/c1-2-19(7-8-4-3-5-20-8)10-6-9(12(14,15)16)17-11(13)18-10/h3-6H,2,7H2,1H3. The van der Waals surface area contributed by atoms with Crippen molar-refractivity contribution in [1.82, 2.24) is 9.97 Å². The predicted molar refractivity (Wildman–Crippen MR) is 73.1 cm³/mol. The number of rotatable bonds is 4. The first kappa shape index (κ1) is 15.1. The van der Waals surface area contributed by atoms with Gasteiger partial charge in [0.05, 0.1) is 6.54 Å². The van der Waals surface area contributed by atoms with Crippen LogP contribution in [0.4, 0.5) is 19.0 Å². The van der Waals surface area contributed by atoms with E-state index in [2.05, 4.69) is 9.97 Å². The van der Waals surface area contributed by atoms with Gasteiger partial charge in [-0.2, -0.15) is 13.2 Å². The van der Waals surface area contributed by atoms with Crippen LogP contribution in [0.25, 0.3) is 0 Å². The molecule has 0 unspecified atom stereocenters. The molecule has 8 heteroatoms. The maximum absolute atomic E-state index is 12.7. The van der Waals surface area contributed by atoms with E-state index in [1.54, 1.807) is 4.90 Å². The molecule has 0 aliphatic heterocycles. The summed E-state index contributed by atoms with van der Waals surface area (Å²) in [5, 5.41) is 1.51. The Hall–Kier alpha value is -1.34. The highest BCUT2D eigenvalue weighted by Crippen LogP contribution is 2.31. The van der Waals surface area contributed by atoms with Crippen LogP contribution >= 0.6 is 22.9 Å². The van der Waals surface area contributed by atoms with Crippen LogP contribution in [0.2, 0.25) is 5.28 Å². The first-order valence-electron chi connectivity index (χ1n) is 5.79. The number of nitrogens with zero attached hydrogens (tertiary/aromatic N) is 3. The fourth-order valence-electron chi connectivity index (χ4n) is 1.66. The summed E-state index contributed by atoms with van der Waals surface area (Å²) in [4.78, 5) is 9.86. The second kappa shape index (κ2) is 5.97. The van der Waals surface area contributed by atoms with Crippen molar-refractivity contribution in [3.8, 4) is 0 Å². The molecular weight excluding hydrogens is 311 g/mol. The van der Waals surface area contributed by atoms with Crippen molar-refractivity contribution in [2.75, 3.05) is 11.4 Å². The summed E-state index contributed by atoms with van der Waals surface area (Å²) in [5.74, 6) is 0.174. The van der Waals surface area contributed by atoms with Crippen molar-refractivity contribution >= 4 is 28.8 Å². The highest BCUT2D eigenvalue weighted by atomic mass is 35.5. The Kier molecular flexibility index (Phi) is 4.49. The first-order chi connectivity index (χ1) is 9.40. The Bertz CT molecular complexity index is 572. The van der Waals surface area contributed by atoms with E-state index in [0.29, 0.717) is 13.1 Å². The van der Waals surface area contributed by atoms with Gasteiger partial charge in [-0.05, 0) is 30.0 Å². The molecule has 0 saturated heterocycles. The lowest BCUT2D eigenvalue weighted by molar-refractivity contribution is -0.141. The van der Waals surface area contributed by atoms with Gasteiger partial charge in [0.2, 0.25) is 5.28 Å². The van der Waals surface area contributed by atoms with E-state index in [9.17, 15) is 13.2 Å². The van der Waals surface area contributed by atoms with Gasteiger partial charge >= 0.3 is 6.18 Å². The summed E-state index contributed by atoms with van der Waals surface area (Å²) in [6.45, 7) is 2.85. The largest absolute Gasteiger partial charge is 0.433 e. The molecule has 0 bridgehead atoms. The molecule has 20 heavy (non-hydrogen) atoms. The Labute approximate surface area is 123 Å². The third-order valence-corrected chi connectivity index (χ3v) is 3.64. The molecule has 3 nitrogen and oxygen atoms in total. The molecule has 2 rings (SSSR count). The second-order valence-corrected chi connectivity index (χ2v) is 5.34. The third kappa shape index (κ3) is 3.61. The highest BCUT2D eigenvalue weighted by molar-refractivity contribution is 7.09. The van der Waals surface area contributed by atoms with Crippen molar-refractivity contribution in [2.45, 2.75) is 19.6 Å². The van der Waals surface area contributed by atoms with E-state index >= 15 is 0 Å². The van der Waals surface area contributed by atoms with Crippen LogP contribution < -0.4 is 4.90 Å². The van der Waals surface area contributed by atoms with Crippen LogP contribution in [0.5, 0.6) is 0 Å². The average molecular weight is 322 g/mol. The van der Waals surface area contributed by atoms with Gasteiger partial charge in [0.1, 0.15) is 5.82 Å². The lowest BCUT2D eigenvalue weighted by atomic mass is 10.3. The summed E-state index contributed by atoms with van der Waals surface area (Å²) in [6.07, 6.45) is -4.54. The maximum atomic E-state index is 12.7. The zero-order valence-corrected chi connectivity index (χ0v) is 12.1. The Morgan fingerprint density at radius 3 is 2.65 bits per heavy atom. The fraction of sp³-hybridized carbons (Fsp3) is 0.333. The molecule has 2 aromatic rings. The van der Waals surface area contributed by atoms with E-state index in [4.69, 9.17) is 11.6 Å². The van der Waals surface area contributed by atoms with Crippen molar-refractivity contribution in [2.24, 2.45) is 0 Å². The summed E-state index contributed by atoms with van der Waals surface area (Å²) >= 11 is 7.13.